The lowest BCUT2D eigenvalue weighted by molar-refractivity contribution is -0.231. The van der Waals surface area contributed by atoms with E-state index in [0.717, 1.165) is 12.1 Å². The predicted molar refractivity (Wildman–Crippen MR) is 112 cm³/mol. The molecule has 0 spiro atoms. The molecule has 1 aromatic heterocycles. The van der Waals surface area contributed by atoms with Crippen molar-refractivity contribution in [3.63, 3.8) is 0 Å². The molecule has 0 aliphatic carbocycles. The zero-order chi connectivity index (χ0) is 24.0. The van der Waals surface area contributed by atoms with Crippen molar-refractivity contribution in [1.82, 2.24) is 0 Å². The van der Waals surface area contributed by atoms with Crippen LogP contribution in [-0.4, -0.2) is 73.9 Å². The summed E-state index contributed by atoms with van der Waals surface area (Å²) in [6.07, 6.45) is -7.99. The molecule has 1 unspecified atom stereocenters. The Kier molecular flexibility index (Phi) is 5.91. The molecule has 2 aromatic carbocycles. The van der Waals surface area contributed by atoms with E-state index in [0.29, 0.717) is 0 Å². The van der Waals surface area contributed by atoms with Crippen LogP contribution in [0.4, 0.5) is 0 Å². The first-order valence-electron chi connectivity index (χ1n) is 9.88. The highest BCUT2D eigenvalue weighted by atomic mass is 16.5. The largest absolute Gasteiger partial charge is 0.507 e. The van der Waals surface area contributed by atoms with Crippen molar-refractivity contribution in [3.8, 4) is 34.3 Å². The predicted octanol–water partition coefficient (Wildman–Crippen LogP) is 0.100. The number of aliphatic hydroxyl groups is 4. The molecule has 4 rings (SSSR count). The van der Waals surface area contributed by atoms with E-state index in [9.17, 15) is 40.5 Å². The molecule has 2 heterocycles. The van der Waals surface area contributed by atoms with E-state index in [1.807, 2.05) is 0 Å². The number of hydrogen-bond donors (Lipinski definition) is 7. The number of aliphatic hydroxyl groups excluding tert-OH is 4. The van der Waals surface area contributed by atoms with Crippen LogP contribution >= 0.6 is 0 Å². The van der Waals surface area contributed by atoms with Gasteiger partial charge >= 0.3 is 0 Å². The summed E-state index contributed by atoms with van der Waals surface area (Å²) in [6, 6.07) is 6.14. The van der Waals surface area contributed by atoms with E-state index in [-0.39, 0.29) is 39.4 Å². The molecule has 0 saturated carbocycles. The van der Waals surface area contributed by atoms with Crippen LogP contribution in [0, 0.1) is 0 Å². The van der Waals surface area contributed by atoms with Gasteiger partial charge in [0, 0.05) is 17.7 Å². The van der Waals surface area contributed by atoms with Gasteiger partial charge in [-0.3, -0.25) is 4.79 Å². The summed E-state index contributed by atoms with van der Waals surface area (Å²) in [5.74, 6) is -1.33. The van der Waals surface area contributed by atoms with E-state index < -0.39 is 54.1 Å². The molecule has 11 nitrogen and oxygen atoms in total. The van der Waals surface area contributed by atoms with Gasteiger partial charge in [0.05, 0.1) is 19.3 Å². The van der Waals surface area contributed by atoms with Crippen LogP contribution in [0.15, 0.2) is 39.5 Å². The number of phenolic OH excluding ortho intramolecular Hbond substituents is 3. The van der Waals surface area contributed by atoms with Crippen LogP contribution in [-0.2, 0) is 4.74 Å². The summed E-state index contributed by atoms with van der Waals surface area (Å²) in [5, 5.41) is 70.8. The van der Waals surface area contributed by atoms with Crippen LogP contribution in [0.25, 0.3) is 22.3 Å². The molecule has 33 heavy (non-hydrogen) atoms. The van der Waals surface area contributed by atoms with Gasteiger partial charge in [-0.15, -0.1) is 0 Å². The SMILES string of the molecule is COc1ccc(-c2cc(=O)c3c(O)cc(O)c(C4O[C@H](CO)[C@@H](O)[C@H](O)[C@H]4O)c3o2)cc1O. The van der Waals surface area contributed by atoms with Crippen LogP contribution in [0.3, 0.4) is 0 Å². The number of hydrogen-bond acceptors (Lipinski definition) is 11. The average Bonchev–Trinajstić information content (AvgIpc) is 2.78. The molecule has 1 aliphatic heterocycles. The highest BCUT2D eigenvalue weighted by molar-refractivity contribution is 5.89. The van der Waals surface area contributed by atoms with Crippen molar-refractivity contribution < 1.29 is 49.6 Å². The molecule has 0 bridgehead atoms. The second-order valence-corrected chi connectivity index (χ2v) is 7.64. The van der Waals surface area contributed by atoms with Crippen molar-refractivity contribution in [3.05, 3.63) is 46.1 Å². The van der Waals surface area contributed by atoms with Gasteiger partial charge in [0.2, 0.25) is 0 Å². The highest BCUT2D eigenvalue weighted by Crippen LogP contribution is 2.44. The Bertz CT molecular complexity index is 1250. The second kappa shape index (κ2) is 8.54. The Balaban J connectivity index is 1.95. The zero-order valence-corrected chi connectivity index (χ0v) is 17.2. The summed E-state index contributed by atoms with van der Waals surface area (Å²) < 4.78 is 16.3. The molecule has 1 fully saturated rings. The molecule has 1 aliphatic rings. The Labute approximate surface area is 185 Å². The van der Waals surface area contributed by atoms with Gasteiger partial charge in [0.15, 0.2) is 22.5 Å². The highest BCUT2D eigenvalue weighted by Gasteiger charge is 2.46. The Hall–Kier alpha value is -3.35. The first-order chi connectivity index (χ1) is 15.7. The van der Waals surface area contributed by atoms with Gasteiger partial charge in [-0.1, -0.05) is 0 Å². The number of phenols is 3. The van der Waals surface area contributed by atoms with Crippen LogP contribution < -0.4 is 10.2 Å². The maximum atomic E-state index is 12.8. The molecule has 5 atom stereocenters. The van der Waals surface area contributed by atoms with E-state index in [4.69, 9.17) is 13.9 Å². The summed E-state index contributed by atoms with van der Waals surface area (Å²) in [4.78, 5) is 12.8. The number of rotatable bonds is 4. The Morgan fingerprint density at radius 2 is 1.67 bits per heavy atom. The van der Waals surface area contributed by atoms with Crippen molar-refractivity contribution in [2.24, 2.45) is 0 Å². The van der Waals surface area contributed by atoms with Gasteiger partial charge in [0.25, 0.3) is 0 Å². The van der Waals surface area contributed by atoms with Gasteiger partial charge in [-0.25, -0.2) is 0 Å². The molecule has 176 valence electrons. The topological polar surface area (TPSA) is 190 Å². The minimum absolute atomic E-state index is 0.0544. The quantitative estimate of drug-likeness (QED) is 0.278. The van der Waals surface area contributed by atoms with E-state index >= 15 is 0 Å². The van der Waals surface area contributed by atoms with E-state index in [2.05, 4.69) is 0 Å². The van der Waals surface area contributed by atoms with Gasteiger partial charge < -0.3 is 49.6 Å². The molecular weight excluding hydrogens is 440 g/mol. The minimum atomic E-state index is -1.78. The number of aromatic hydroxyl groups is 3. The van der Waals surface area contributed by atoms with Crippen molar-refractivity contribution >= 4 is 11.0 Å². The van der Waals surface area contributed by atoms with Gasteiger partial charge in [-0.2, -0.15) is 0 Å². The third-order valence-electron chi connectivity index (χ3n) is 5.64. The maximum absolute atomic E-state index is 12.8. The number of fused-ring (bicyclic) bond motifs is 1. The molecule has 0 amide bonds. The fourth-order valence-corrected chi connectivity index (χ4v) is 3.92. The lowest BCUT2D eigenvalue weighted by Crippen LogP contribution is -2.55. The third kappa shape index (κ3) is 3.75. The summed E-state index contributed by atoms with van der Waals surface area (Å²) >= 11 is 0. The normalized spacial score (nSPS) is 25.3. The number of benzene rings is 2. The number of ether oxygens (including phenoxy) is 2. The Morgan fingerprint density at radius 3 is 2.30 bits per heavy atom. The van der Waals surface area contributed by atoms with Crippen molar-refractivity contribution in [2.45, 2.75) is 30.5 Å². The third-order valence-corrected chi connectivity index (χ3v) is 5.64. The summed E-state index contributed by atoms with van der Waals surface area (Å²) in [5.41, 5.74) is -1.08. The second-order valence-electron chi connectivity index (χ2n) is 7.64. The molecule has 7 N–H and O–H groups in total. The summed E-state index contributed by atoms with van der Waals surface area (Å²) in [7, 11) is 1.36. The summed E-state index contributed by atoms with van der Waals surface area (Å²) in [6.45, 7) is -0.710. The van der Waals surface area contributed by atoms with Crippen molar-refractivity contribution in [1.29, 1.82) is 0 Å². The molecule has 11 heteroatoms. The Morgan fingerprint density at radius 1 is 0.939 bits per heavy atom. The zero-order valence-electron chi connectivity index (χ0n) is 17.2. The fourth-order valence-electron chi connectivity index (χ4n) is 3.92. The van der Waals surface area contributed by atoms with Gasteiger partial charge in [-0.05, 0) is 18.2 Å². The average molecular weight is 462 g/mol. The maximum Gasteiger partial charge on any atom is 0.197 e. The van der Waals surface area contributed by atoms with Crippen LogP contribution in [0.2, 0.25) is 0 Å². The molecule has 3 aromatic rings. The standard InChI is InChI=1S/C22H22O11/c1-31-13-3-2-8(4-9(13)24)14-6-12(27)16-10(25)5-11(26)17(21(16)32-14)22-20(30)19(29)18(28)15(7-23)33-22/h2-6,15,18-20,22-26,28-30H,7H2,1H3/t15-,18-,19+,20-,22?/m1/s1. The van der Waals surface area contributed by atoms with Crippen molar-refractivity contribution in [2.75, 3.05) is 13.7 Å². The molecule has 0 radical (unpaired) electrons. The molecular formula is C22H22O11. The number of methoxy groups -OCH3 is 1. The van der Waals surface area contributed by atoms with Crippen LogP contribution in [0.1, 0.15) is 11.7 Å². The first-order valence-corrected chi connectivity index (χ1v) is 9.88. The smallest absolute Gasteiger partial charge is 0.197 e. The van der Waals surface area contributed by atoms with Gasteiger partial charge in [0.1, 0.15) is 53.2 Å². The van der Waals surface area contributed by atoms with Crippen LogP contribution in [0.5, 0.6) is 23.0 Å². The van der Waals surface area contributed by atoms with E-state index in [1.165, 1.54) is 25.3 Å². The lowest BCUT2D eigenvalue weighted by Gasteiger charge is -2.40. The van der Waals surface area contributed by atoms with E-state index in [1.54, 1.807) is 0 Å². The first kappa shape index (κ1) is 22.8. The monoisotopic (exact) mass is 462 g/mol. The fraction of sp³-hybridized carbons (Fsp3) is 0.318. The minimum Gasteiger partial charge on any atom is -0.507 e. The lowest BCUT2D eigenvalue weighted by atomic mass is 9.89. The molecule has 1 saturated heterocycles.